The van der Waals surface area contributed by atoms with Crippen molar-refractivity contribution in [2.24, 2.45) is 0 Å². The fourth-order valence-corrected chi connectivity index (χ4v) is 2.64. The van der Waals surface area contributed by atoms with Crippen LogP contribution in [0.3, 0.4) is 0 Å². The molecule has 0 bridgehead atoms. The van der Waals surface area contributed by atoms with Gasteiger partial charge in [0.15, 0.2) is 0 Å². The molecule has 1 atom stereocenters. The molecule has 5 nitrogen and oxygen atoms in total. The third kappa shape index (κ3) is 2.09. The Kier molecular flexibility index (Phi) is 3.79. The van der Waals surface area contributed by atoms with Crippen molar-refractivity contribution in [3.8, 4) is 0 Å². The maximum atomic E-state index is 5.78. The first-order chi connectivity index (χ1) is 8.27. The van der Waals surface area contributed by atoms with Crippen LogP contribution in [0, 0.1) is 0 Å². The monoisotopic (exact) mass is 238 g/mol. The molecule has 1 unspecified atom stereocenters. The highest BCUT2D eigenvalue weighted by Gasteiger charge is 2.46. The molecule has 0 spiro atoms. The topological polar surface area (TPSA) is 52.0 Å². The largest absolute Gasteiger partial charge is 0.376 e. The number of aryl methyl sites for hydroxylation is 1. The highest BCUT2D eigenvalue weighted by Crippen LogP contribution is 2.44. The van der Waals surface area contributed by atoms with E-state index < -0.39 is 0 Å². The van der Waals surface area contributed by atoms with Gasteiger partial charge in [-0.25, -0.2) is 4.68 Å². The smallest absolute Gasteiger partial charge is 0.0888 e. The number of ether oxygens (including phenoxy) is 1. The lowest BCUT2D eigenvalue weighted by Gasteiger charge is -2.46. The minimum Gasteiger partial charge on any atom is -0.376 e. The van der Waals surface area contributed by atoms with Crippen LogP contribution in [0.1, 0.15) is 44.8 Å². The van der Waals surface area contributed by atoms with Crippen LogP contribution in [0.2, 0.25) is 0 Å². The molecular formula is C12H22N4O. The lowest BCUT2D eigenvalue weighted by atomic mass is 9.73. The van der Waals surface area contributed by atoms with E-state index in [1.54, 1.807) is 0 Å². The fraction of sp³-hybridized carbons (Fsp3) is 0.833. The molecule has 5 heteroatoms. The second-order valence-electron chi connectivity index (χ2n) is 4.59. The molecule has 0 aromatic carbocycles. The Labute approximate surface area is 103 Å². The molecule has 1 aliphatic carbocycles. The molecule has 1 saturated carbocycles. The standard InChI is InChI=1S/C12H22N4O/c1-4-13-11(12(17-3)7-6-8-12)10-9-14-15-16(10)5-2/h9,11,13H,4-8H2,1-3H3. The van der Waals surface area contributed by atoms with Crippen LogP contribution in [-0.4, -0.2) is 34.2 Å². The van der Waals surface area contributed by atoms with Gasteiger partial charge in [0.25, 0.3) is 0 Å². The summed E-state index contributed by atoms with van der Waals surface area (Å²) in [6, 6.07) is 0.196. The third-order valence-electron chi connectivity index (χ3n) is 3.78. The van der Waals surface area contributed by atoms with Crippen molar-refractivity contribution in [2.75, 3.05) is 13.7 Å². The molecule has 1 aromatic heterocycles. The lowest BCUT2D eigenvalue weighted by molar-refractivity contribution is -0.101. The molecular weight excluding hydrogens is 216 g/mol. The van der Waals surface area contributed by atoms with Gasteiger partial charge in [0.05, 0.1) is 23.5 Å². The van der Waals surface area contributed by atoms with Gasteiger partial charge in [0.2, 0.25) is 0 Å². The number of hydrogen-bond acceptors (Lipinski definition) is 4. The number of nitrogens with zero attached hydrogens (tertiary/aromatic N) is 3. The van der Waals surface area contributed by atoms with Crippen molar-refractivity contribution in [1.82, 2.24) is 20.3 Å². The summed E-state index contributed by atoms with van der Waals surface area (Å²) in [5.74, 6) is 0. The van der Waals surface area contributed by atoms with Crippen LogP contribution < -0.4 is 5.32 Å². The van der Waals surface area contributed by atoms with Gasteiger partial charge in [-0.1, -0.05) is 12.1 Å². The zero-order chi connectivity index (χ0) is 12.3. The molecule has 0 amide bonds. The summed E-state index contributed by atoms with van der Waals surface area (Å²) >= 11 is 0. The van der Waals surface area contributed by atoms with Crippen molar-refractivity contribution < 1.29 is 4.74 Å². The van der Waals surface area contributed by atoms with E-state index in [2.05, 4.69) is 29.5 Å². The van der Waals surface area contributed by atoms with Gasteiger partial charge < -0.3 is 10.1 Å². The van der Waals surface area contributed by atoms with Crippen molar-refractivity contribution >= 4 is 0 Å². The van der Waals surface area contributed by atoms with E-state index in [4.69, 9.17) is 4.74 Å². The predicted octanol–water partition coefficient (Wildman–Crippen LogP) is 1.52. The van der Waals surface area contributed by atoms with Gasteiger partial charge in [-0.2, -0.15) is 0 Å². The zero-order valence-corrected chi connectivity index (χ0v) is 10.9. The normalized spacial score (nSPS) is 19.9. The quantitative estimate of drug-likeness (QED) is 0.816. The molecule has 1 N–H and O–H groups in total. The van der Waals surface area contributed by atoms with Gasteiger partial charge in [-0.05, 0) is 32.7 Å². The summed E-state index contributed by atoms with van der Waals surface area (Å²) < 4.78 is 7.73. The Morgan fingerprint density at radius 2 is 2.29 bits per heavy atom. The molecule has 0 saturated heterocycles. The van der Waals surface area contributed by atoms with E-state index in [0.717, 1.165) is 31.6 Å². The van der Waals surface area contributed by atoms with Gasteiger partial charge >= 0.3 is 0 Å². The maximum absolute atomic E-state index is 5.78. The van der Waals surface area contributed by atoms with Crippen molar-refractivity contribution in [3.05, 3.63) is 11.9 Å². The van der Waals surface area contributed by atoms with Gasteiger partial charge in [-0.3, -0.25) is 0 Å². The Morgan fingerprint density at radius 1 is 1.53 bits per heavy atom. The molecule has 0 radical (unpaired) electrons. The van der Waals surface area contributed by atoms with Crippen LogP contribution in [0.15, 0.2) is 6.20 Å². The zero-order valence-electron chi connectivity index (χ0n) is 10.9. The average Bonchev–Trinajstić information content (AvgIpc) is 2.74. The highest BCUT2D eigenvalue weighted by atomic mass is 16.5. The van der Waals surface area contributed by atoms with E-state index in [9.17, 15) is 0 Å². The maximum Gasteiger partial charge on any atom is 0.0888 e. The van der Waals surface area contributed by atoms with Crippen LogP contribution in [0.4, 0.5) is 0 Å². The molecule has 2 rings (SSSR count). The number of methoxy groups -OCH3 is 1. The number of aromatic nitrogens is 3. The van der Waals surface area contributed by atoms with E-state index in [1.807, 2.05) is 18.0 Å². The molecule has 1 fully saturated rings. The summed E-state index contributed by atoms with van der Waals surface area (Å²) in [6.45, 7) is 5.97. The SMILES string of the molecule is CCNC(c1cnnn1CC)C1(OC)CCC1. The first kappa shape index (κ1) is 12.5. The second-order valence-corrected chi connectivity index (χ2v) is 4.59. The van der Waals surface area contributed by atoms with Crippen LogP contribution in [0.25, 0.3) is 0 Å². The number of rotatable bonds is 6. The first-order valence-electron chi connectivity index (χ1n) is 6.44. The van der Waals surface area contributed by atoms with Crippen molar-refractivity contribution in [3.63, 3.8) is 0 Å². The van der Waals surface area contributed by atoms with E-state index in [0.29, 0.717) is 0 Å². The van der Waals surface area contributed by atoms with Crippen LogP contribution in [0.5, 0.6) is 0 Å². The Bertz CT molecular complexity index is 354. The summed E-state index contributed by atoms with van der Waals surface area (Å²) in [5, 5.41) is 11.7. The molecule has 96 valence electrons. The Hall–Kier alpha value is -0.940. The van der Waals surface area contributed by atoms with Gasteiger partial charge in [0.1, 0.15) is 0 Å². The fourth-order valence-electron chi connectivity index (χ4n) is 2.64. The summed E-state index contributed by atoms with van der Waals surface area (Å²) in [5.41, 5.74) is 1.07. The second kappa shape index (κ2) is 5.14. The molecule has 0 aliphatic heterocycles. The third-order valence-corrected chi connectivity index (χ3v) is 3.78. The van der Waals surface area contributed by atoms with E-state index in [1.165, 1.54) is 6.42 Å². The number of hydrogen-bond donors (Lipinski definition) is 1. The Balaban J connectivity index is 2.28. The Morgan fingerprint density at radius 3 is 2.76 bits per heavy atom. The minimum absolute atomic E-state index is 0.0648. The van der Waals surface area contributed by atoms with Gasteiger partial charge in [-0.15, -0.1) is 5.10 Å². The van der Waals surface area contributed by atoms with Crippen LogP contribution >= 0.6 is 0 Å². The minimum atomic E-state index is -0.0648. The molecule has 1 aromatic rings. The van der Waals surface area contributed by atoms with Crippen molar-refractivity contribution in [2.45, 2.75) is 51.3 Å². The van der Waals surface area contributed by atoms with Crippen LogP contribution in [-0.2, 0) is 11.3 Å². The average molecular weight is 238 g/mol. The lowest BCUT2D eigenvalue weighted by Crippen LogP contribution is -2.51. The van der Waals surface area contributed by atoms with Crippen molar-refractivity contribution in [1.29, 1.82) is 0 Å². The first-order valence-corrected chi connectivity index (χ1v) is 6.44. The van der Waals surface area contributed by atoms with Gasteiger partial charge in [0, 0.05) is 13.7 Å². The molecule has 1 aliphatic rings. The molecule has 17 heavy (non-hydrogen) atoms. The molecule has 1 heterocycles. The highest BCUT2D eigenvalue weighted by molar-refractivity contribution is 5.13. The van der Waals surface area contributed by atoms with E-state index in [-0.39, 0.29) is 11.6 Å². The summed E-state index contributed by atoms with van der Waals surface area (Å²) in [6.07, 6.45) is 5.31. The summed E-state index contributed by atoms with van der Waals surface area (Å²) in [7, 11) is 1.81. The predicted molar refractivity (Wildman–Crippen MR) is 65.7 cm³/mol. The number of likely N-dealkylation sites (N-methyl/N-ethyl adjacent to an activating group) is 1. The number of nitrogens with one attached hydrogen (secondary N) is 1. The van der Waals surface area contributed by atoms with E-state index >= 15 is 0 Å². The summed E-state index contributed by atoms with van der Waals surface area (Å²) in [4.78, 5) is 0.